The minimum absolute atomic E-state index is 0.0286. The Labute approximate surface area is 152 Å². The molecule has 7 heteroatoms. The maximum Gasteiger partial charge on any atom is 0.282 e. The van der Waals surface area contributed by atoms with E-state index >= 15 is 0 Å². The highest BCUT2D eigenvalue weighted by Gasteiger charge is 2.27. The summed E-state index contributed by atoms with van der Waals surface area (Å²) in [6.45, 7) is 2.73. The first-order chi connectivity index (χ1) is 12.0. The van der Waals surface area contributed by atoms with Crippen molar-refractivity contribution >= 4 is 23.2 Å². The lowest BCUT2D eigenvalue weighted by molar-refractivity contribution is -0.385. The second kappa shape index (κ2) is 8.15. The van der Waals surface area contributed by atoms with Crippen LogP contribution in [0.4, 0.5) is 5.69 Å². The molecule has 0 radical (unpaired) electrons. The van der Waals surface area contributed by atoms with Gasteiger partial charge in [0.2, 0.25) is 0 Å². The average molecular weight is 366 g/mol. The van der Waals surface area contributed by atoms with Gasteiger partial charge in [0.25, 0.3) is 11.6 Å². The standard InChI is InChI=1S/C18H24ClN3O3/c19-14-5-6-17(22(24)25)16(11-14)18(23)20-12-13-7-9-21(10-8-13)15-3-1-2-4-15/h5-6,11,13,15H,1-4,7-10,12H2,(H,20,23). The third-order valence-corrected chi connectivity index (χ3v) is 5.68. The summed E-state index contributed by atoms with van der Waals surface area (Å²) < 4.78 is 0. The van der Waals surface area contributed by atoms with Gasteiger partial charge in [0, 0.05) is 23.7 Å². The minimum Gasteiger partial charge on any atom is -0.352 e. The predicted molar refractivity (Wildman–Crippen MR) is 97.0 cm³/mol. The Hall–Kier alpha value is -1.66. The van der Waals surface area contributed by atoms with E-state index in [9.17, 15) is 14.9 Å². The number of likely N-dealkylation sites (tertiary alicyclic amines) is 1. The summed E-state index contributed by atoms with van der Waals surface area (Å²) in [4.78, 5) is 25.5. The van der Waals surface area contributed by atoms with Gasteiger partial charge in [0.05, 0.1) is 4.92 Å². The molecule has 0 spiro atoms. The SMILES string of the molecule is O=C(NCC1CCN(C2CCCC2)CC1)c1cc(Cl)ccc1[N+](=O)[O-]. The van der Waals surface area contributed by atoms with Gasteiger partial charge in [-0.1, -0.05) is 24.4 Å². The Morgan fingerprint density at radius 3 is 2.56 bits per heavy atom. The molecule has 136 valence electrons. The number of nitrogens with one attached hydrogen (secondary N) is 1. The van der Waals surface area contributed by atoms with E-state index < -0.39 is 10.8 Å². The van der Waals surface area contributed by atoms with Gasteiger partial charge >= 0.3 is 0 Å². The van der Waals surface area contributed by atoms with E-state index in [2.05, 4.69) is 10.2 Å². The van der Waals surface area contributed by atoms with E-state index in [1.807, 2.05) is 0 Å². The maximum atomic E-state index is 12.4. The van der Waals surface area contributed by atoms with Crippen LogP contribution < -0.4 is 5.32 Å². The lowest BCUT2D eigenvalue weighted by atomic mass is 9.95. The molecule has 1 saturated heterocycles. The Morgan fingerprint density at radius 1 is 1.24 bits per heavy atom. The first kappa shape index (κ1) is 18.1. The Kier molecular flexibility index (Phi) is 5.91. The van der Waals surface area contributed by atoms with Crippen molar-refractivity contribution in [3.63, 3.8) is 0 Å². The lowest BCUT2D eigenvalue weighted by Gasteiger charge is -2.36. The zero-order valence-corrected chi connectivity index (χ0v) is 15.0. The summed E-state index contributed by atoms with van der Waals surface area (Å²) >= 11 is 5.88. The van der Waals surface area contributed by atoms with Gasteiger partial charge in [-0.25, -0.2) is 0 Å². The van der Waals surface area contributed by atoms with Crippen LogP contribution in [0.15, 0.2) is 18.2 Å². The molecule has 6 nitrogen and oxygen atoms in total. The molecule has 1 aromatic rings. The van der Waals surface area contributed by atoms with Crippen LogP contribution in [0.2, 0.25) is 5.02 Å². The smallest absolute Gasteiger partial charge is 0.282 e. The number of hydrogen-bond acceptors (Lipinski definition) is 4. The molecular weight excluding hydrogens is 342 g/mol. The molecule has 1 saturated carbocycles. The molecule has 1 heterocycles. The van der Waals surface area contributed by atoms with Crippen LogP contribution in [-0.4, -0.2) is 41.4 Å². The number of nitro benzene ring substituents is 1. The summed E-state index contributed by atoms with van der Waals surface area (Å²) in [6.07, 6.45) is 7.46. The zero-order valence-electron chi connectivity index (χ0n) is 14.2. The van der Waals surface area contributed by atoms with Crippen LogP contribution in [0.1, 0.15) is 48.9 Å². The van der Waals surface area contributed by atoms with E-state index in [4.69, 9.17) is 11.6 Å². The average Bonchev–Trinajstić information content (AvgIpc) is 3.14. The van der Waals surface area contributed by atoms with E-state index in [1.54, 1.807) is 0 Å². The Bertz CT molecular complexity index is 638. The summed E-state index contributed by atoms with van der Waals surface area (Å²) in [5.41, 5.74) is -0.182. The van der Waals surface area contributed by atoms with Crippen molar-refractivity contribution in [1.82, 2.24) is 10.2 Å². The van der Waals surface area contributed by atoms with Gasteiger partial charge in [-0.3, -0.25) is 14.9 Å². The number of rotatable bonds is 5. The number of carbonyl (C=O) groups is 1. The molecule has 1 aliphatic heterocycles. The van der Waals surface area contributed by atoms with Crippen LogP contribution in [0.5, 0.6) is 0 Å². The van der Waals surface area contributed by atoms with Gasteiger partial charge in [-0.15, -0.1) is 0 Å². The van der Waals surface area contributed by atoms with Crippen molar-refractivity contribution in [2.45, 2.75) is 44.6 Å². The topological polar surface area (TPSA) is 75.5 Å². The fraction of sp³-hybridized carbons (Fsp3) is 0.611. The van der Waals surface area contributed by atoms with Crippen molar-refractivity contribution < 1.29 is 9.72 Å². The van der Waals surface area contributed by atoms with E-state index in [0.717, 1.165) is 32.0 Å². The third kappa shape index (κ3) is 4.50. The molecule has 1 amide bonds. The number of amides is 1. The number of piperidine rings is 1. The normalized spacial score (nSPS) is 19.9. The van der Waals surface area contributed by atoms with Crippen molar-refractivity contribution in [1.29, 1.82) is 0 Å². The van der Waals surface area contributed by atoms with E-state index in [0.29, 0.717) is 17.5 Å². The minimum atomic E-state index is -0.550. The highest BCUT2D eigenvalue weighted by molar-refractivity contribution is 6.31. The highest BCUT2D eigenvalue weighted by atomic mass is 35.5. The number of halogens is 1. The summed E-state index contributed by atoms with van der Waals surface area (Å²) in [7, 11) is 0. The van der Waals surface area contributed by atoms with Gasteiger partial charge in [0.15, 0.2) is 0 Å². The highest BCUT2D eigenvalue weighted by Crippen LogP contribution is 2.28. The number of benzene rings is 1. The van der Waals surface area contributed by atoms with Crippen molar-refractivity contribution in [2.24, 2.45) is 5.92 Å². The zero-order chi connectivity index (χ0) is 17.8. The van der Waals surface area contributed by atoms with Gasteiger partial charge < -0.3 is 10.2 Å². The molecule has 2 fully saturated rings. The molecule has 1 N–H and O–H groups in total. The predicted octanol–water partition coefficient (Wildman–Crippen LogP) is 3.63. The van der Waals surface area contributed by atoms with Gasteiger partial charge in [-0.2, -0.15) is 0 Å². The molecule has 1 aromatic carbocycles. The van der Waals surface area contributed by atoms with E-state index in [-0.39, 0.29) is 11.3 Å². The number of hydrogen-bond donors (Lipinski definition) is 1. The van der Waals surface area contributed by atoms with Crippen molar-refractivity contribution in [2.75, 3.05) is 19.6 Å². The van der Waals surface area contributed by atoms with Crippen LogP contribution in [0.25, 0.3) is 0 Å². The molecule has 0 atom stereocenters. The fourth-order valence-corrected chi connectivity index (χ4v) is 4.15. The molecule has 0 unspecified atom stereocenters. The van der Waals surface area contributed by atoms with Crippen LogP contribution in [0, 0.1) is 16.0 Å². The maximum absolute atomic E-state index is 12.4. The Balaban J connectivity index is 1.51. The Morgan fingerprint density at radius 2 is 1.92 bits per heavy atom. The van der Waals surface area contributed by atoms with Crippen LogP contribution in [-0.2, 0) is 0 Å². The quantitative estimate of drug-likeness (QED) is 0.638. The monoisotopic (exact) mass is 365 g/mol. The van der Waals surface area contributed by atoms with Crippen molar-refractivity contribution in [3.05, 3.63) is 38.9 Å². The van der Waals surface area contributed by atoms with Crippen molar-refractivity contribution in [3.8, 4) is 0 Å². The summed E-state index contributed by atoms with van der Waals surface area (Å²) in [5.74, 6) is 0.00673. The van der Waals surface area contributed by atoms with E-state index in [1.165, 1.54) is 43.9 Å². The first-order valence-electron chi connectivity index (χ1n) is 9.01. The largest absolute Gasteiger partial charge is 0.352 e. The van der Waals surface area contributed by atoms with Gasteiger partial charge in [0.1, 0.15) is 5.56 Å². The first-order valence-corrected chi connectivity index (χ1v) is 9.38. The molecule has 0 bridgehead atoms. The molecule has 2 aliphatic rings. The molecule has 25 heavy (non-hydrogen) atoms. The second-order valence-corrected chi connectivity index (χ2v) is 7.48. The third-order valence-electron chi connectivity index (χ3n) is 5.44. The number of carbonyl (C=O) groups excluding carboxylic acids is 1. The molecule has 1 aliphatic carbocycles. The molecular formula is C18H24ClN3O3. The van der Waals surface area contributed by atoms with Gasteiger partial charge in [-0.05, 0) is 56.8 Å². The summed E-state index contributed by atoms with van der Waals surface area (Å²) in [5, 5.41) is 14.3. The fourth-order valence-electron chi connectivity index (χ4n) is 3.97. The molecule has 3 rings (SSSR count). The second-order valence-electron chi connectivity index (χ2n) is 7.05. The van der Waals surface area contributed by atoms with Crippen LogP contribution >= 0.6 is 11.6 Å². The lowest BCUT2D eigenvalue weighted by Crippen LogP contribution is -2.42. The number of nitrogens with zero attached hydrogens (tertiary/aromatic N) is 2. The number of nitro groups is 1. The summed E-state index contributed by atoms with van der Waals surface area (Å²) in [6, 6.07) is 4.81. The van der Waals surface area contributed by atoms with Crippen LogP contribution in [0.3, 0.4) is 0 Å². The molecule has 0 aromatic heterocycles.